The molecule has 1 nitrogen and oxygen atoms in total. The largest absolute Gasteiger partial charge is 0.299 e. The Bertz CT molecular complexity index is 593. The summed E-state index contributed by atoms with van der Waals surface area (Å²) in [5.74, 6) is 0.407. The molecule has 2 aromatic carbocycles. The van der Waals surface area contributed by atoms with Crippen LogP contribution in [-0.2, 0) is 10.2 Å². The number of carbonyl (C=O) groups is 1. The fourth-order valence-electron chi connectivity index (χ4n) is 3.08. The van der Waals surface area contributed by atoms with Crippen molar-refractivity contribution in [3.63, 3.8) is 0 Å². The molecule has 1 fully saturated rings. The second-order valence-electron chi connectivity index (χ2n) is 5.27. The SMILES string of the molecule is CCC(=O)C1(c2ccc3ccccc3c2)CCC1. The number of benzene rings is 2. The Labute approximate surface area is 108 Å². The number of hydrogen-bond donors (Lipinski definition) is 0. The fraction of sp³-hybridized carbons (Fsp3) is 0.353. The minimum absolute atomic E-state index is 0.168. The first kappa shape index (κ1) is 11.5. The molecule has 0 heterocycles. The highest BCUT2D eigenvalue weighted by Crippen LogP contribution is 2.45. The van der Waals surface area contributed by atoms with E-state index in [0.29, 0.717) is 12.2 Å². The van der Waals surface area contributed by atoms with Gasteiger partial charge in [0.1, 0.15) is 5.78 Å². The highest BCUT2D eigenvalue weighted by Gasteiger charge is 2.44. The van der Waals surface area contributed by atoms with E-state index in [0.717, 1.165) is 12.8 Å². The van der Waals surface area contributed by atoms with Crippen molar-refractivity contribution in [2.75, 3.05) is 0 Å². The summed E-state index contributed by atoms with van der Waals surface area (Å²) in [5.41, 5.74) is 1.05. The van der Waals surface area contributed by atoms with Crippen molar-refractivity contribution in [3.05, 3.63) is 48.0 Å². The van der Waals surface area contributed by atoms with Crippen molar-refractivity contribution < 1.29 is 4.79 Å². The molecule has 0 aromatic heterocycles. The third-order valence-corrected chi connectivity index (χ3v) is 4.36. The van der Waals surface area contributed by atoms with Crippen LogP contribution in [0.5, 0.6) is 0 Å². The van der Waals surface area contributed by atoms with Gasteiger partial charge in [0.05, 0.1) is 5.41 Å². The van der Waals surface area contributed by atoms with Gasteiger partial charge in [-0.1, -0.05) is 55.8 Å². The van der Waals surface area contributed by atoms with Crippen molar-refractivity contribution in [3.8, 4) is 0 Å². The Balaban J connectivity index is 2.10. The van der Waals surface area contributed by atoms with Crippen molar-refractivity contribution in [2.45, 2.75) is 38.0 Å². The molecule has 0 bridgehead atoms. The van der Waals surface area contributed by atoms with Gasteiger partial charge in [-0.15, -0.1) is 0 Å². The predicted octanol–water partition coefficient (Wildman–Crippen LogP) is 4.24. The number of Topliss-reactive ketones (excluding diaryl/α,β-unsaturated/α-hetero) is 1. The van der Waals surface area contributed by atoms with E-state index in [4.69, 9.17) is 0 Å². The Hall–Kier alpha value is -1.63. The molecule has 1 heteroatoms. The lowest BCUT2D eigenvalue weighted by Crippen LogP contribution is -2.42. The minimum atomic E-state index is -0.168. The number of ketones is 1. The van der Waals surface area contributed by atoms with Gasteiger partial charge in [-0.25, -0.2) is 0 Å². The summed E-state index contributed by atoms with van der Waals surface area (Å²) in [5, 5.41) is 2.49. The third kappa shape index (κ3) is 1.58. The normalized spacial score (nSPS) is 17.4. The Kier molecular flexibility index (Phi) is 2.70. The smallest absolute Gasteiger partial charge is 0.143 e. The zero-order valence-electron chi connectivity index (χ0n) is 10.8. The van der Waals surface area contributed by atoms with E-state index in [1.165, 1.54) is 22.8 Å². The molecule has 0 saturated heterocycles. The molecule has 0 spiro atoms. The van der Waals surface area contributed by atoms with Gasteiger partial charge < -0.3 is 0 Å². The number of fused-ring (bicyclic) bond motifs is 1. The van der Waals surface area contributed by atoms with Crippen LogP contribution in [0.15, 0.2) is 42.5 Å². The van der Waals surface area contributed by atoms with E-state index in [2.05, 4.69) is 42.5 Å². The lowest BCUT2D eigenvalue weighted by Gasteiger charge is -2.41. The van der Waals surface area contributed by atoms with Gasteiger partial charge >= 0.3 is 0 Å². The van der Waals surface area contributed by atoms with Crippen LogP contribution in [0.3, 0.4) is 0 Å². The molecule has 92 valence electrons. The Morgan fingerprint density at radius 1 is 1.11 bits per heavy atom. The summed E-state index contributed by atoms with van der Waals surface area (Å²) < 4.78 is 0. The van der Waals surface area contributed by atoms with Gasteiger partial charge in [0.15, 0.2) is 0 Å². The van der Waals surface area contributed by atoms with E-state index >= 15 is 0 Å². The number of hydrogen-bond acceptors (Lipinski definition) is 1. The minimum Gasteiger partial charge on any atom is -0.299 e. The maximum Gasteiger partial charge on any atom is 0.143 e. The predicted molar refractivity (Wildman–Crippen MR) is 74.8 cm³/mol. The molecule has 0 unspecified atom stereocenters. The van der Waals surface area contributed by atoms with Crippen molar-refractivity contribution >= 4 is 16.6 Å². The highest BCUT2D eigenvalue weighted by atomic mass is 16.1. The van der Waals surface area contributed by atoms with Gasteiger partial charge in [-0.05, 0) is 29.2 Å². The first-order valence-corrected chi connectivity index (χ1v) is 6.79. The average Bonchev–Trinajstić information content (AvgIpc) is 2.37. The van der Waals surface area contributed by atoms with Crippen LogP contribution in [0.1, 0.15) is 38.2 Å². The molecule has 1 saturated carbocycles. The van der Waals surface area contributed by atoms with Gasteiger partial charge in [-0.2, -0.15) is 0 Å². The lowest BCUT2D eigenvalue weighted by molar-refractivity contribution is -0.127. The lowest BCUT2D eigenvalue weighted by atomic mass is 9.61. The molecule has 1 aliphatic carbocycles. The molecule has 3 rings (SSSR count). The Morgan fingerprint density at radius 2 is 1.83 bits per heavy atom. The molecule has 0 amide bonds. The third-order valence-electron chi connectivity index (χ3n) is 4.36. The van der Waals surface area contributed by atoms with Crippen LogP contribution in [0, 0.1) is 0 Å². The van der Waals surface area contributed by atoms with Crippen LogP contribution >= 0.6 is 0 Å². The molecular formula is C17H18O. The summed E-state index contributed by atoms with van der Waals surface area (Å²) >= 11 is 0. The van der Waals surface area contributed by atoms with E-state index < -0.39 is 0 Å². The quantitative estimate of drug-likeness (QED) is 0.781. The monoisotopic (exact) mass is 238 g/mol. The van der Waals surface area contributed by atoms with E-state index in [1.807, 2.05) is 6.92 Å². The average molecular weight is 238 g/mol. The molecule has 1 aliphatic rings. The fourth-order valence-corrected chi connectivity index (χ4v) is 3.08. The number of carbonyl (C=O) groups excluding carboxylic acids is 1. The van der Waals surface area contributed by atoms with E-state index in [9.17, 15) is 4.79 Å². The van der Waals surface area contributed by atoms with Crippen LogP contribution < -0.4 is 0 Å². The molecule has 0 atom stereocenters. The molecular weight excluding hydrogens is 220 g/mol. The van der Waals surface area contributed by atoms with Gasteiger partial charge in [0.25, 0.3) is 0 Å². The second kappa shape index (κ2) is 4.24. The zero-order chi connectivity index (χ0) is 12.6. The molecule has 18 heavy (non-hydrogen) atoms. The van der Waals surface area contributed by atoms with Gasteiger partial charge in [0.2, 0.25) is 0 Å². The first-order valence-electron chi connectivity index (χ1n) is 6.79. The van der Waals surface area contributed by atoms with Crippen LogP contribution in [0.2, 0.25) is 0 Å². The zero-order valence-corrected chi connectivity index (χ0v) is 10.8. The van der Waals surface area contributed by atoms with Crippen LogP contribution in [0.4, 0.5) is 0 Å². The van der Waals surface area contributed by atoms with Crippen molar-refractivity contribution in [1.82, 2.24) is 0 Å². The molecule has 0 N–H and O–H groups in total. The second-order valence-corrected chi connectivity index (χ2v) is 5.27. The first-order chi connectivity index (χ1) is 8.76. The van der Waals surface area contributed by atoms with Crippen molar-refractivity contribution in [2.24, 2.45) is 0 Å². The van der Waals surface area contributed by atoms with E-state index in [-0.39, 0.29) is 5.41 Å². The van der Waals surface area contributed by atoms with E-state index in [1.54, 1.807) is 0 Å². The van der Waals surface area contributed by atoms with Gasteiger partial charge in [0, 0.05) is 6.42 Å². The summed E-state index contributed by atoms with van der Waals surface area (Å²) in [6, 6.07) is 14.9. The summed E-state index contributed by atoms with van der Waals surface area (Å²) in [4.78, 5) is 12.3. The standard InChI is InChI=1S/C17H18O/c1-2-16(18)17(10-5-11-17)15-9-8-13-6-3-4-7-14(13)12-15/h3-4,6-9,12H,2,5,10-11H2,1H3. The highest BCUT2D eigenvalue weighted by molar-refractivity contribution is 5.93. The number of rotatable bonds is 3. The molecule has 0 aliphatic heterocycles. The molecule has 2 aromatic rings. The van der Waals surface area contributed by atoms with Crippen molar-refractivity contribution in [1.29, 1.82) is 0 Å². The van der Waals surface area contributed by atoms with Crippen LogP contribution in [0.25, 0.3) is 10.8 Å². The molecule has 0 radical (unpaired) electrons. The summed E-state index contributed by atoms with van der Waals surface area (Å²) in [6.45, 7) is 1.98. The maximum atomic E-state index is 12.3. The summed E-state index contributed by atoms with van der Waals surface area (Å²) in [7, 11) is 0. The summed E-state index contributed by atoms with van der Waals surface area (Å²) in [6.07, 6.45) is 3.88. The topological polar surface area (TPSA) is 17.1 Å². The maximum absolute atomic E-state index is 12.3. The van der Waals surface area contributed by atoms with Gasteiger partial charge in [-0.3, -0.25) is 4.79 Å². The Morgan fingerprint density at radius 3 is 2.44 bits per heavy atom. The van der Waals surface area contributed by atoms with Crippen LogP contribution in [-0.4, -0.2) is 5.78 Å².